The third-order valence-electron chi connectivity index (χ3n) is 3.88. The molecular formula is C16H12N3O5S-. The number of aliphatic carboxylic acids is 1. The highest BCUT2D eigenvalue weighted by Crippen LogP contribution is 2.32. The van der Waals surface area contributed by atoms with Crippen molar-refractivity contribution >= 4 is 33.2 Å². The molecule has 9 heteroatoms. The molecule has 8 nitrogen and oxygen atoms in total. The summed E-state index contributed by atoms with van der Waals surface area (Å²) in [4.78, 5) is 39.1. The highest BCUT2D eigenvalue weighted by atomic mass is 32.1. The number of carboxylic acids is 1. The monoisotopic (exact) mass is 358 g/mol. The lowest BCUT2D eigenvalue weighted by atomic mass is 10.1. The molecule has 2 heterocycles. The second-order valence-electron chi connectivity index (χ2n) is 5.34. The fourth-order valence-corrected chi connectivity index (χ4v) is 3.55. The van der Waals surface area contributed by atoms with E-state index in [4.69, 9.17) is 0 Å². The summed E-state index contributed by atoms with van der Waals surface area (Å²) in [5.74, 6) is -1.36. The Labute approximate surface area is 145 Å². The Balaban J connectivity index is 2.25. The van der Waals surface area contributed by atoms with Gasteiger partial charge in [-0.1, -0.05) is 19.1 Å². The van der Waals surface area contributed by atoms with E-state index in [1.807, 2.05) is 0 Å². The molecule has 0 amide bonds. The minimum absolute atomic E-state index is 0.0952. The highest BCUT2D eigenvalue weighted by Gasteiger charge is 2.19. The molecule has 0 saturated heterocycles. The Morgan fingerprint density at radius 1 is 1.44 bits per heavy atom. The third kappa shape index (κ3) is 2.89. The first-order chi connectivity index (χ1) is 11.9. The van der Waals surface area contributed by atoms with E-state index in [1.54, 1.807) is 18.4 Å². The molecule has 25 heavy (non-hydrogen) atoms. The van der Waals surface area contributed by atoms with Gasteiger partial charge in [0, 0.05) is 23.1 Å². The number of nitrogens with zero attached hydrogens (tertiary/aromatic N) is 3. The van der Waals surface area contributed by atoms with Crippen molar-refractivity contribution in [1.29, 1.82) is 0 Å². The summed E-state index contributed by atoms with van der Waals surface area (Å²) in [6, 6.07) is 4.79. The van der Waals surface area contributed by atoms with Crippen LogP contribution in [0.15, 0.2) is 40.8 Å². The lowest BCUT2D eigenvalue weighted by Crippen LogP contribution is -2.37. The van der Waals surface area contributed by atoms with Crippen molar-refractivity contribution in [3.05, 3.63) is 56.4 Å². The number of thiophene rings is 1. The number of rotatable bonds is 5. The molecule has 1 atom stereocenters. The first kappa shape index (κ1) is 16.8. The van der Waals surface area contributed by atoms with Gasteiger partial charge in [-0.3, -0.25) is 19.5 Å². The summed E-state index contributed by atoms with van der Waals surface area (Å²) in [7, 11) is 0. The van der Waals surface area contributed by atoms with E-state index >= 15 is 0 Å². The summed E-state index contributed by atoms with van der Waals surface area (Å²) >= 11 is 1.22. The zero-order valence-electron chi connectivity index (χ0n) is 13.0. The van der Waals surface area contributed by atoms with E-state index < -0.39 is 22.5 Å². The minimum atomic E-state index is -1.36. The molecule has 0 saturated carbocycles. The van der Waals surface area contributed by atoms with Gasteiger partial charge in [0.05, 0.1) is 28.6 Å². The predicted octanol–water partition coefficient (Wildman–Crippen LogP) is 1.73. The molecule has 0 spiro atoms. The average molecular weight is 358 g/mol. The molecule has 0 N–H and O–H groups in total. The number of aromatic nitrogens is 2. The van der Waals surface area contributed by atoms with Crippen LogP contribution in [-0.2, 0) is 4.79 Å². The van der Waals surface area contributed by atoms with E-state index in [1.165, 1.54) is 35.9 Å². The Hall–Kier alpha value is -3.07. The second-order valence-corrected chi connectivity index (χ2v) is 6.20. The van der Waals surface area contributed by atoms with Crippen molar-refractivity contribution in [1.82, 2.24) is 9.55 Å². The maximum Gasteiger partial charge on any atom is 0.270 e. The fourth-order valence-electron chi connectivity index (χ4n) is 2.64. The lowest BCUT2D eigenvalue weighted by Gasteiger charge is -2.18. The van der Waals surface area contributed by atoms with E-state index in [9.17, 15) is 24.8 Å². The number of non-ortho nitro benzene ring substituents is 1. The molecule has 3 rings (SSSR count). The molecule has 0 fully saturated rings. The highest BCUT2D eigenvalue weighted by molar-refractivity contribution is 7.17. The predicted molar refractivity (Wildman–Crippen MR) is 90.3 cm³/mol. The fraction of sp³-hybridized carbons (Fsp3) is 0.188. The Morgan fingerprint density at radius 3 is 2.84 bits per heavy atom. The molecule has 0 unspecified atom stereocenters. The molecular weight excluding hydrogens is 346 g/mol. The maximum atomic E-state index is 12.8. The van der Waals surface area contributed by atoms with Gasteiger partial charge in [-0.15, -0.1) is 11.3 Å². The van der Waals surface area contributed by atoms with E-state index in [0.29, 0.717) is 16.0 Å². The zero-order chi connectivity index (χ0) is 18.1. The summed E-state index contributed by atoms with van der Waals surface area (Å²) in [5, 5.41) is 24.2. The van der Waals surface area contributed by atoms with E-state index in [-0.39, 0.29) is 17.5 Å². The number of carbonyl (C=O) groups excluding carboxylic acids is 1. The maximum absolute atomic E-state index is 12.8. The molecule has 0 radical (unpaired) electrons. The van der Waals surface area contributed by atoms with Crippen LogP contribution in [0.4, 0.5) is 5.69 Å². The van der Waals surface area contributed by atoms with E-state index in [0.717, 1.165) is 4.57 Å². The van der Waals surface area contributed by atoms with Gasteiger partial charge in [-0.2, -0.15) is 0 Å². The number of fused-ring (bicyclic) bond motifs is 1. The summed E-state index contributed by atoms with van der Waals surface area (Å²) in [5.41, 5.74) is 0.383. The molecule has 0 aliphatic heterocycles. The van der Waals surface area contributed by atoms with Crippen LogP contribution in [0, 0.1) is 10.1 Å². The second kappa shape index (κ2) is 6.44. The molecule has 0 aliphatic rings. The van der Waals surface area contributed by atoms with Gasteiger partial charge in [-0.05, 0) is 12.0 Å². The van der Waals surface area contributed by atoms with Crippen LogP contribution < -0.4 is 10.7 Å². The van der Waals surface area contributed by atoms with Crippen molar-refractivity contribution in [2.24, 2.45) is 0 Å². The van der Waals surface area contributed by atoms with Crippen molar-refractivity contribution in [2.75, 3.05) is 0 Å². The van der Waals surface area contributed by atoms with Gasteiger partial charge < -0.3 is 9.90 Å². The summed E-state index contributed by atoms with van der Waals surface area (Å²) in [6.45, 7) is 1.63. The van der Waals surface area contributed by atoms with Crippen LogP contribution in [0.5, 0.6) is 0 Å². The van der Waals surface area contributed by atoms with Crippen molar-refractivity contribution < 1.29 is 14.8 Å². The van der Waals surface area contributed by atoms with Crippen LogP contribution in [0.2, 0.25) is 0 Å². The van der Waals surface area contributed by atoms with Gasteiger partial charge in [-0.25, -0.2) is 4.98 Å². The number of nitro benzene ring substituents is 1. The molecule has 0 aliphatic carbocycles. The number of hydrogen-bond acceptors (Lipinski definition) is 7. The normalized spacial score (nSPS) is 12.2. The number of carboxylic acid groups (broad SMARTS) is 1. The van der Waals surface area contributed by atoms with Crippen LogP contribution in [0.25, 0.3) is 21.3 Å². The summed E-state index contributed by atoms with van der Waals surface area (Å²) < 4.78 is 1.03. The van der Waals surface area contributed by atoms with Crippen molar-refractivity contribution in [3.63, 3.8) is 0 Å². The first-order valence-corrected chi connectivity index (χ1v) is 8.26. The standard InChI is InChI=1S/C16H13N3O5S/c1-2-12(16(21)22)18-8-17-14-13(15(18)20)11(7-25-14)9-4-3-5-10(6-9)19(23)24/h3-8,12H,2H2,1H3,(H,21,22)/p-1/t12-/m0/s1. The van der Waals surface area contributed by atoms with Gasteiger partial charge in [0.1, 0.15) is 4.83 Å². The Kier molecular flexibility index (Phi) is 4.32. The molecule has 128 valence electrons. The minimum Gasteiger partial charge on any atom is -0.548 e. The quantitative estimate of drug-likeness (QED) is 0.506. The van der Waals surface area contributed by atoms with Crippen LogP contribution in [0.1, 0.15) is 19.4 Å². The number of carbonyl (C=O) groups is 1. The smallest absolute Gasteiger partial charge is 0.270 e. The Morgan fingerprint density at radius 2 is 2.20 bits per heavy atom. The first-order valence-electron chi connectivity index (χ1n) is 7.38. The van der Waals surface area contributed by atoms with Crippen molar-refractivity contribution in [3.8, 4) is 11.1 Å². The molecule has 1 aromatic carbocycles. The third-order valence-corrected chi connectivity index (χ3v) is 4.77. The van der Waals surface area contributed by atoms with E-state index in [2.05, 4.69) is 4.98 Å². The van der Waals surface area contributed by atoms with Gasteiger partial charge in [0.25, 0.3) is 11.2 Å². The number of nitro groups is 1. The van der Waals surface area contributed by atoms with Gasteiger partial charge >= 0.3 is 0 Å². The number of hydrogen-bond donors (Lipinski definition) is 0. The molecule has 3 aromatic rings. The SMILES string of the molecule is CC[C@@H](C(=O)[O-])n1cnc2scc(-c3cccc([N+](=O)[O-])c3)c2c1=O. The van der Waals surface area contributed by atoms with Gasteiger partial charge in [0.2, 0.25) is 0 Å². The van der Waals surface area contributed by atoms with Crippen molar-refractivity contribution in [2.45, 2.75) is 19.4 Å². The summed E-state index contributed by atoms with van der Waals surface area (Å²) in [6.07, 6.45) is 1.37. The molecule has 2 aromatic heterocycles. The lowest BCUT2D eigenvalue weighted by molar-refractivity contribution is -0.384. The van der Waals surface area contributed by atoms with Crippen LogP contribution in [0.3, 0.4) is 0 Å². The van der Waals surface area contributed by atoms with Crippen LogP contribution >= 0.6 is 11.3 Å². The zero-order valence-corrected chi connectivity index (χ0v) is 13.9. The number of benzene rings is 1. The average Bonchev–Trinajstić information content (AvgIpc) is 3.02. The largest absolute Gasteiger partial charge is 0.548 e. The topological polar surface area (TPSA) is 118 Å². The van der Waals surface area contributed by atoms with Crippen LogP contribution in [-0.4, -0.2) is 20.4 Å². The molecule has 0 bridgehead atoms. The van der Waals surface area contributed by atoms with Gasteiger partial charge in [0.15, 0.2) is 0 Å². The Bertz CT molecular complexity index is 1040.